The normalized spacial score (nSPS) is 10.4. The van der Waals surface area contributed by atoms with Crippen LogP contribution in [0.1, 0.15) is 11.1 Å². The number of carbonyl (C=O) groups excluding carboxylic acids is 1. The minimum atomic E-state index is -0.214. The zero-order valence-corrected chi connectivity index (χ0v) is 12.6. The summed E-state index contributed by atoms with van der Waals surface area (Å²) in [6.45, 7) is 0.375. The maximum Gasteiger partial charge on any atom is 0.228 e. The lowest BCUT2D eigenvalue weighted by atomic mass is 10.0. The van der Waals surface area contributed by atoms with Crippen molar-refractivity contribution in [2.75, 3.05) is 5.32 Å². The van der Waals surface area contributed by atoms with E-state index >= 15 is 0 Å². The molecule has 0 saturated carbocycles. The Bertz CT molecular complexity index is 651. The van der Waals surface area contributed by atoms with Crippen LogP contribution in [0.25, 0.3) is 0 Å². The molecule has 6 heteroatoms. The Balaban J connectivity index is 2.12. The molecule has 0 atom stereocenters. The Hall–Kier alpha value is -1.75. The van der Waals surface area contributed by atoms with Crippen LogP contribution in [-0.2, 0) is 17.8 Å². The molecule has 0 spiro atoms. The standard InChI is InChI=1S/C15H14Cl2N2O2/c16-12-6-11(7-13(17)15(12)21)19-14(20)5-9-3-1-2-4-10(9)8-18/h1-4,6-7,21H,5,8,18H2,(H,19,20). The number of nitrogens with one attached hydrogen (secondary N) is 1. The molecule has 0 aliphatic carbocycles. The molecule has 2 aromatic rings. The average Bonchev–Trinajstić information content (AvgIpc) is 2.45. The van der Waals surface area contributed by atoms with E-state index in [9.17, 15) is 9.90 Å². The molecule has 0 aliphatic heterocycles. The first-order valence-electron chi connectivity index (χ1n) is 6.26. The van der Waals surface area contributed by atoms with E-state index in [0.717, 1.165) is 11.1 Å². The van der Waals surface area contributed by atoms with Crippen molar-refractivity contribution in [3.63, 3.8) is 0 Å². The van der Waals surface area contributed by atoms with Crippen LogP contribution in [0.5, 0.6) is 5.75 Å². The number of nitrogens with two attached hydrogens (primary N) is 1. The monoisotopic (exact) mass is 324 g/mol. The van der Waals surface area contributed by atoms with Gasteiger partial charge in [0.15, 0.2) is 5.75 Å². The predicted octanol–water partition coefficient (Wildman–Crippen LogP) is 3.34. The topological polar surface area (TPSA) is 75.4 Å². The molecular formula is C15H14Cl2N2O2. The van der Waals surface area contributed by atoms with Gasteiger partial charge in [0.25, 0.3) is 0 Å². The Labute approximate surface area is 132 Å². The van der Waals surface area contributed by atoms with Crippen molar-refractivity contribution in [1.82, 2.24) is 0 Å². The number of halogens is 2. The van der Waals surface area contributed by atoms with Gasteiger partial charge < -0.3 is 16.2 Å². The largest absolute Gasteiger partial charge is 0.505 e. The number of carbonyl (C=O) groups is 1. The number of benzene rings is 2. The molecule has 1 amide bonds. The van der Waals surface area contributed by atoms with Gasteiger partial charge in [0.1, 0.15) is 0 Å². The van der Waals surface area contributed by atoms with Crippen LogP contribution in [0.15, 0.2) is 36.4 Å². The van der Waals surface area contributed by atoms with Crippen LogP contribution >= 0.6 is 23.2 Å². The van der Waals surface area contributed by atoms with E-state index in [1.54, 1.807) is 0 Å². The fourth-order valence-electron chi connectivity index (χ4n) is 1.94. The molecule has 21 heavy (non-hydrogen) atoms. The molecule has 0 bridgehead atoms. The number of anilines is 1. The lowest BCUT2D eigenvalue weighted by molar-refractivity contribution is -0.115. The van der Waals surface area contributed by atoms with Gasteiger partial charge in [-0.15, -0.1) is 0 Å². The van der Waals surface area contributed by atoms with Crippen molar-refractivity contribution in [2.45, 2.75) is 13.0 Å². The second kappa shape index (κ2) is 6.80. The Kier molecular flexibility index (Phi) is 5.07. The van der Waals surface area contributed by atoms with Crippen molar-refractivity contribution in [3.8, 4) is 5.75 Å². The highest BCUT2D eigenvalue weighted by Gasteiger charge is 2.11. The molecule has 2 rings (SSSR count). The summed E-state index contributed by atoms with van der Waals surface area (Å²) >= 11 is 11.6. The van der Waals surface area contributed by atoms with Crippen LogP contribution in [0.2, 0.25) is 10.0 Å². The molecule has 2 aromatic carbocycles. The number of aromatic hydroxyl groups is 1. The second-order valence-electron chi connectivity index (χ2n) is 4.49. The minimum absolute atomic E-state index is 0.0835. The van der Waals surface area contributed by atoms with Gasteiger partial charge in [-0.3, -0.25) is 4.79 Å². The summed E-state index contributed by atoms with van der Waals surface area (Å²) in [5.74, 6) is -0.418. The Morgan fingerprint density at radius 2 is 1.71 bits per heavy atom. The van der Waals surface area contributed by atoms with Crippen molar-refractivity contribution >= 4 is 34.8 Å². The minimum Gasteiger partial charge on any atom is -0.505 e. The van der Waals surface area contributed by atoms with Crippen molar-refractivity contribution in [1.29, 1.82) is 0 Å². The maximum atomic E-state index is 12.1. The smallest absolute Gasteiger partial charge is 0.228 e. The molecule has 0 heterocycles. The van der Waals surface area contributed by atoms with E-state index in [0.29, 0.717) is 12.2 Å². The van der Waals surface area contributed by atoms with Gasteiger partial charge in [-0.2, -0.15) is 0 Å². The van der Waals surface area contributed by atoms with E-state index < -0.39 is 0 Å². The summed E-state index contributed by atoms with van der Waals surface area (Å²) in [6, 6.07) is 10.4. The molecule has 0 saturated heterocycles. The molecular weight excluding hydrogens is 311 g/mol. The number of phenols is 1. The third-order valence-electron chi connectivity index (χ3n) is 2.99. The van der Waals surface area contributed by atoms with E-state index in [1.165, 1.54) is 12.1 Å². The van der Waals surface area contributed by atoms with E-state index in [4.69, 9.17) is 28.9 Å². The predicted molar refractivity (Wildman–Crippen MR) is 84.8 cm³/mol. The first-order valence-corrected chi connectivity index (χ1v) is 7.01. The van der Waals surface area contributed by atoms with Gasteiger partial charge >= 0.3 is 0 Å². The van der Waals surface area contributed by atoms with Crippen LogP contribution in [0.3, 0.4) is 0 Å². The molecule has 0 radical (unpaired) electrons. The summed E-state index contributed by atoms with van der Waals surface area (Å²) in [6.07, 6.45) is 0.198. The average molecular weight is 325 g/mol. The Morgan fingerprint density at radius 3 is 2.29 bits per heavy atom. The fourth-order valence-corrected chi connectivity index (χ4v) is 2.43. The number of amides is 1. The first kappa shape index (κ1) is 15.6. The summed E-state index contributed by atoms with van der Waals surface area (Å²) in [5.41, 5.74) is 7.86. The van der Waals surface area contributed by atoms with Crippen LogP contribution in [0, 0.1) is 0 Å². The van der Waals surface area contributed by atoms with Crippen molar-refractivity contribution in [2.24, 2.45) is 5.73 Å². The van der Waals surface area contributed by atoms with E-state index in [1.807, 2.05) is 24.3 Å². The van der Waals surface area contributed by atoms with E-state index in [-0.39, 0.29) is 28.1 Å². The lowest BCUT2D eigenvalue weighted by Gasteiger charge is -2.10. The quantitative estimate of drug-likeness (QED) is 0.755. The molecule has 0 aliphatic rings. The lowest BCUT2D eigenvalue weighted by Crippen LogP contribution is -2.16. The molecule has 0 unspecified atom stereocenters. The van der Waals surface area contributed by atoms with Gasteiger partial charge in [0.2, 0.25) is 5.91 Å². The SMILES string of the molecule is NCc1ccccc1CC(=O)Nc1cc(Cl)c(O)c(Cl)c1. The van der Waals surface area contributed by atoms with Gasteiger partial charge in [-0.25, -0.2) is 0 Å². The number of hydrogen-bond donors (Lipinski definition) is 3. The van der Waals surface area contributed by atoms with Crippen molar-refractivity contribution in [3.05, 3.63) is 57.6 Å². The zero-order valence-electron chi connectivity index (χ0n) is 11.1. The molecule has 0 aromatic heterocycles. The first-order chi connectivity index (χ1) is 10.0. The number of hydrogen-bond acceptors (Lipinski definition) is 3. The maximum absolute atomic E-state index is 12.1. The zero-order chi connectivity index (χ0) is 15.4. The van der Waals surface area contributed by atoms with E-state index in [2.05, 4.69) is 5.32 Å². The molecule has 4 N–H and O–H groups in total. The summed E-state index contributed by atoms with van der Waals surface area (Å²) in [4.78, 5) is 12.1. The number of rotatable bonds is 4. The molecule has 110 valence electrons. The summed E-state index contributed by atoms with van der Waals surface area (Å²) < 4.78 is 0. The van der Waals surface area contributed by atoms with Gasteiger partial charge in [-0.05, 0) is 23.3 Å². The van der Waals surface area contributed by atoms with Crippen LogP contribution < -0.4 is 11.1 Å². The number of phenolic OH excluding ortho intramolecular Hbond substituents is 1. The second-order valence-corrected chi connectivity index (χ2v) is 5.30. The highest BCUT2D eigenvalue weighted by atomic mass is 35.5. The van der Waals surface area contributed by atoms with Gasteiger partial charge in [0, 0.05) is 12.2 Å². The third kappa shape index (κ3) is 3.88. The third-order valence-corrected chi connectivity index (χ3v) is 3.57. The van der Waals surface area contributed by atoms with Gasteiger partial charge in [-0.1, -0.05) is 47.5 Å². The van der Waals surface area contributed by atoms with Crippen LogP contribution in [-0.4, -0.2) is 11.0 Å². The highest BCUT2D eigenvalue weighted by molar-refractivity contribution is 6.37. The highest BCUT2D eigenvalue weighted by Crippen LogP contribution is 2.34. The summed E-state index contributed by atoms with van der Waals surface area (Å²) in [5, 5.41) is 12.3. The van der Waals surface area contributed by atoms with Gasteiger partial charge in [0.05, 0.1) is 16.5 Å². The van der Waals surface area contributed by atoms with Crippen LogP contribution in [0.4, 0.5) is 5.69 Å². The fraction of sp³-hybridized carbons (Fsp3) is 0.133. The van der Waals surface area contributed by atoms with Crippen molar-refractivity contribution < 1.29 is 9.90 Å². The molecule has 4 nitrogen and oxygen atoms in total. The molecule has 0 fully saturated rings. The summed E-state index contributed by atoms with van der Waals surface area (Å²) in [7, 11) is 0. The Morgan fingerprint density at radius 1 is 1.14 bits per heavy atom.